The fourth-order valence-corrected chi connectivity index (χ4v) is 2.31. The third kappa shape index (κ3) is 5.61. The fraction of sp³-hybridized carbons (Fsp3) is 0.350. The Hall–Kier alpha value is -2.49. The summed E-state index contributed by atoms with van der Waals surface area (Å²) in [7, 11) is 0. The first-order valence-corrected chi connectivity index (χ1v) is 8.34. The van der Waals surface area contributed by atoms with Crippen molar-refractivity contribution in [3.05, 3.63) is 59.7 Å². The quantitative estimate of drug-likeness (QED) is 0.614. The zero-order valence-corrected chi connectivity index (χ0v) is 14.9. The predicted molar refractivity (Wildman–Crippen MR) is 102 cm³/mol. The molecule has 1 atom stereocenters. The van der Waals surface area contributed by atoms with Gasteiger partial charge >= 0.3 is 0 Å². The van der Waals surface area contributed by atoms with E-state index in [0.717, 1.165) is 11.4 Å². The summed E-state index contributed by atoms with van der Waals surface area (Å²) in [5.74, 6) is 1.60. The molecule has 24 heavy (non-hydrogen) atoms. The number of nitrogens with zero attached hydrogens (tertiary/aromatic N) is 1. The zero-order valence-electron chi connectivity index (χ0n) is 14.9. The normalized spacial score (nSPS) is 13.0. The molecule has 0 aromatic heterocycles. The number of hydrogen-bond donors (Lipinski definition) is 2. The molecule has 0 bridgehead atoms. The van der Waals surface area contributed by atoms with Crippen LogP contribution in [0.15, 0.2) is 53.5 Å². The Bertz CT molecular complexity index is 660. The minimum atomic E-state index is 0.165. The van der Waals surface area contributed by atoms with Crippen LogP contribution in [-0.4, -0.2) is 18.6 Å². The van der Waals surface area contributed by atoms with Crippen LogP contribution in [0.5, 0.6) is 5.75 Å². The number of rotatable bonds is 6. The zero-order chi connectivity index (χ0) is 17.5. The third-order valence-electron chi connectivity index (χ3n) is 3.68. The first-order valence-electron chi connectivity index (χ1n) is 8.34. The molecule has 0 saturated heterocycles. The second-order valence-corrected chi connectivity index (χ2v) is 6.35. The van der Waals surface area contributed by atoms with E-state index in [1.165, 1.54) is 11.1 Å². The van der Waals surface area contributed by atoms with Crippen LogP contribution in [0.2, 0.25) is 0 Å². The van der Waals surface area contributed by atoms with Gasteiger partial charge < -0.3 is 15.8 Å². The average molecular weight is 325 g/mol. The van der Waals surface area contributed by atoms with Crippen LogP contribution in [0.4, 0.5) is 5.69 Å². The van der Waals surface area contributed by atoms with E-state index in [0.29, 0.717) is 18.4 Å². The molecule has 0 radical (unpaired) electrons. The second-order valence-electron chi connectivity index (χ2n) is 6.35. The molecule has 0 aliphatic rings. The lowest BCUT2D eigenvalue weighted by Gasteiger charge is -2.12. The molecule has 0 fully saturated rings. The van der Waals surface area contributed by atoms with Gasteiger partial charge in [-0.3, -0.25) is 4.99 Å². The molecule has 4 nitrogen and oxygen atoms in total. The van der Waals surface area contributed by atoms with Crippen LogP contribution in [0.3, 0.4) is 0 Å². The molecule has 4 heteroatoms. The molecule has 0 aliphatic heterocycles. The Morgan fingerprint density at radius 1 is 1.04 bits per heavy atom. The number of guanidine groups is 1. The molecule has 3 N–H and O–H groups in total. The number of aryl methyl sites for hydroxylation is 1. The molecule has 2 aromatic carbocycles. The van der Waals surface area contributed by atoms with Crippen molar-refractivity contribution in [3.63, 3.8) is 0 Å². The van der Waals surface area contributed by atoms with Gasteiger partial charge in [0, 0.05) is 18.2 Å². The van der Waals surface area contributed by atoms with Gasteiger partial charge in [-0.25, -0.2) is 0 Å². The Morgan fingerprint density at radius 3 is 2.25 bits per heavy atom. The van der Waals surface area contributed by atoms with E-state index in [1.54, 1.807) is 0 Å². The molecule has 2 aromatic rings. The SMILES string of the molecule is Cc1ccc(C(C)CN=C(N)Nc2ccc(OC(C)C)cc2)cc1. The Morgan fingerprint density at radius 2 is 1.67 bits per heavy atom. The fourth-order valence-electron chi connectivity index (χ4n) is 2.31. The van der Waals surface area contributed by atoms with Crippen molar-refractivity contribution in [1.82, 2.24) is 0 Å². The summed E-state index contributed by atoms with van der Waals surface area (Å²) in [6.45, 7) is 8.90. The molecule has 2 rings (SSSR count). The molecule has 1 unspecified atom stereocenters. The lowest BCUT2D eigenvalue weighted by atomic mass is 10.0. The molecule has 128 valence electrons. The molecule has 0 heterocycles. The van der Waals surface area contributed by atoms with E-state index in [9.17, 15) is 0 Å². The van der Waals surface area contributed by atoms with E-state index < -0.39 is 0 Å². The van der Waals surface area contributed by atoms with Crippen LogP contribution in [-0.2, 0) is 0 Å². The highest BCUT2D eigenvalue weighted by Gasteiger charge is 2.05. The van der Waals surface area contributed by atoms with Crippen molar-refractivity contribution in [1.29, 1.82) is 0 Å². The summed E-state index contributed by atoms with van der Waals surface area (Å²) in [5, 5.41) is 3.11. The van der Waals surface area contributed by atoms with Gasteiger partial charge in [0.05, 0.1) is 6.10 Å². The van der Waals surface area contributed by atoms with Crippen LogP contribution in [0, 0.1) is 6.92 Å². The highest BCUT2D eigenvalue weighted by molar-refractivity contribution is 5.92. The highest BCUT2D eigenvalue weighted by Crippen LogP contribution is 2.18. The number of nitrogens with one attached hydrogen (secondary N) is 1. The second kappa shape index (κ2) is 8.39. The number of anilines is 1. The van der Waals surface area contributed by atoms with E-state index in [2.05, 4.69) is 48.4 Å². The molecular formula is C20H27N3O. The van der Waals surface area contributed by atoms with Crippen molar-refractivity contribution in [3.8, 4) is 5.75 Å². The third-order valence-corrected chi connectivity index (χ3v) is 3.68. The van der Waals surface area contributed by atoms with Crippen molar-refractivity contribution >= 4 is 11.6 Å². The number of hydrogen-bond acceptors (Lipinski definition) is 2. The van der Waals surface area contributed by atoms with E-state index in [1.807, 2.05) is 38.1 Å². The summed E-state index contributed by atoms with van der Waals surface area (Å²) >= 11 is 0. The standard InChI is InChI=1S/C20H27N3O/c1-14(2)24-19-11-9-18(10-12-19)23-20(21)22-13-16(4)17-7-5-15(3)6-8-17/h5-12,14,16H,13H2,1-4H3,(H3,21,22,23). The Kier molecular flexibility index (Phi) is 6.24. The van der Waals surface area contributed by atoms with Crippen molar-refractivity contribution in [2.24, 2.45) is 10.7 Å². The Labute approximate surface area is 144 Å². The van der Waals surface area contributed by atoms with E-state index in [-0.39, 0.29) is 6.10 Å². The maximum atomic E-state index is 5.98. The summed E-state index contributed by atoms with van der Waals surface area (Å²) in [6, 6.07) is 16.2. The maximum absolute atomic E-state index is 5.98. The minimum Gasteiger partial charge on any atom is -0.491 e. The summed E-state index contributed by atoms with van der Waals surface area (Å²) < 4.78 is 5.62. The van der Waals surface area contributed by atoms with Crippen LogP contribution < -0.4 is 15.8 Å². The van der Waals surface area contributed by atoms with Gasteiger partial charge in [0.15, 0.2) is 5.96 Å². The van der Waals surface area contributed by atoms with Crippen molar-refractivity contribution in [2.75, 3.05) is 11.9 Å². The molecule has 0 spiro atoms. The number of ether oxygens (including phenoxy) is 1. The van der Waals surface area contributed by atoms with E-state index >= 15 is 0 Å². The number of benzene rings is 2. The summed E-state index contributed by atoms with van der Waals surface area (Å²) in [5.41, 5.74) is 9.42. The molecule has 0 amide bonds. The Balaban J connectivity index is 1.90. The van der Waals surface area contributed by atoms with E-state index in [4.69, 9.17) is 10.5 Å². The average Bonchev–Trinajstić information content (AvgIpc) is 2.54. The smallest absolute Gasteiger partial charge is 0.193 e. The molecule has 0 saturated carbocycles. The van der Waals surface area contributed by atoms with Gasteiger partial charge in [-0.2, -0.15) is 0 Å². The van der Waals surface area contributed by atoms with Crippen LogP contribution >= 0.6 is 0 Å². The monoisotopic (exact) mass is 325 g/mol. The van der Waals surface area contributed by atoms with Crippen molar-refractivity contribution in [2.45, 2.75) is 39.7 Å². The van der Waals surface area contributed by atoms with Crippen LogP contribution in [0.25, 0.3) is 0 Å². The van der Waals surface area contributed by atoms with Gasteiger partial charge in [0.1, 0.15) is 5.75 Å². The highest BCUT2D eigenvalue weighted by atomic mass is 16.5. The first-order chi connectivity index (χ1) is 11.4. The lowest BCUT2D eigenvalue weighted by molar-refractivity contribution is 0.242. The van der Waals surface area contributed by atoms with Gasteiger partial charge in [-0.05, 0) is 50.6 Å². The molecule has 0 aliphatic carbocycles. The topological polar surface area (TPSA) is 59.6 Å². The van der Waals surface area contributed by atoms with Gasteiger partial charge in [0.2, 0.25) is 0 Å². The van der Waals surface area contributed by atoms with Gasteiger partial charge in [-0.15, -0.1) is 0 Å². The lowest BCUT2D eigenvalue weighted by Crippen LogP contribution is -2.23. The van der Waals surface area contributed by atoms with Gasteiger partial charge in [-0.1, -0.05) is 36.8 Å². The maximum Gasteiger partial charge on any atom is 0.193 e. The number of nitrogens with two attached hydrogens (primary N) is 1. The first kappa shape index (κ1) is 17.9. The summed E-state index contributed by atoms with van der Waals surface area (Å²) in [4.78, 5) is 4.44. The summed E-state index contributed by atoms with van der Waals surface area (Å²) in [6.07, 6.45) is 0.165. The van der Waals surface area contributed by atoms with Crippen molar-refractivity contribution < 1.29 is 4.74 Å². The van der Waals surface area contributed by atoms with Crippen LogP contribution in [0.1, 0.15) is 37.8 Å². The predicted octanol–water partition coefficient (Wildman–Crippen LogP) is 4.31. The number of aliphatic imine (C=N–C) groups is 1. The largest absolute Gasteiger partial charge is 0.491 e. The van der Waals surface area contributed by atoms with Gasteiger partial charge in [0.25, 0.3) is 0 Å². The molecular weight excluding hydrogens is 298 g/mol. The minimum absolute atomic E-state index is 0.165.